The molecule has 0 aromatic heterocycles. The van der Waals surface area contributed by atoms with Gasteiger partial charge in [-0.2, -0.15) is 0 Å². The van der Waals surface area contributed by atoms with Crippen molar-refractivity contribution in [1.82, 2.24) is 0 Å². The second kappa shape index (κ2) is 6.46. The Kier molecular flexibility index (Phi) is 5.19. The molecule has 15 heavy (non-hydrogen) atoms. The van der Waals surface area contributed by atoms with Gasteiger partial charge in [-0.05, 0) is 30.4 Å². The molecule has 0 spiro atoms. The molecule has 0 bridgehead atoms. The molecule has 2 nitrogen and oxygen atoms in total. The Balaban J connectivity index is 2.40. The number of benzene rings is 1. The molecule has 0 radical (unpaired) electrons. The van der Waals surface area contributed by atoms with Crippen molar-refractivity contribution >= 4 is 0 Å². The lowest BCUT2D eigenvalue weighted by atomic mass is 9.97. The van der Waals surface area contributed by atoms with Crippen LogP contribution in [0, 0.1) is 0 Å². The lowest BCUT2D eigenvalue weighted by molar-refractivity contribution is 0.128. The Morgan fingerprint density at radius 2 is 2.00 bits per heavy atom. The highest BCUT2D eigenvalue weighted by atomic mass is 16.5. The van der Waals surface area contributed by atoms with E-state index in [-0.39, 0.29) is 0 Å². The molecule has 84 valence electrons. The molecule has 0 aliphatic heterocycles. The normalized spacial score (nSPS) is 12.7. The zero-order chi connectivity index (χ0) is 11.1. The van der Waals surface area contributed by atoms with Crippen LogP contribution >= 0.6 is 0 Å². The van der Waals surface area contributed by atoms with Crippen LogP contribution in [0.15, 0.2) is 24.3 Å². The fourth-order valence-corrected chi connectivity index (χ4v) is 1.57. The lowest BCUT2D eigenvalue weighted by Crippen LogP contribution is -2.01. The van der Waals surface area contributed by atoms with Gasteiger partial charge in [0.1, 0.15) is 5.75 Å². The molecule has 1 rings (SSSR count). The third-order valence-electron chi connectivity index (χ3n) is 2.51. The summed E-state index contributed by atoms with van der Waals surface area (Å²) in [4.78, 5) is 0. The van der Waals surface area contributed by atoms with Crippen LogP contribution in [0.5, 0.6) is 5.75 Å². The van der Waals surface area contributed by atoms with Crippen molar-refractivity contribution in [3.63, 3.8) is 0 Å². The first-order valence-corrected chi connectivity index (χ1v) is 5.61. The summed E-state index contributed by atoms with van der Waals surface area (Å²) in [5.74, 6) is 0.739. The minimum absolute atomic E-state index is 0.350. The van der Waals surface area contributed by atoms with E-state index in [9.17, 15) is 5.11 Å². The molecule has 0 heterocycles. The standard InChI is InChI=1S/C13H20O2/c1-3-9-15-10-8-11(2)12-6-4-5-7-13(12)14/h4-7,11,14H,3,8-10H2,1-2H3. The highest BCUT2D eigenvalue weighted by Crippen LogP contribution is 2.27. The van der Waals surface area contributed by atoms with Crippen LogP contribution in [0.25, 0.3) is 0 Å². The Morgan fingerprint density at radius 1 is 1.27 bits per heavy atom. The smallest absolute Gasteiger partial charge is 0.119 e. The summed E-state index contributed by atoms with van der Waals surface area (Å²) >= 11 is 0. The van der Waals surface area contributed by atoms with Crippen LogP contribution < -0.4 is 0 Å². The Bertz CT molecular complexity index is 284. The minimum Gasteiger partial charge on any atom is -0.508 e. The predicted molar refractivity (Wildman–Crippen MR) is 62.2 cm³/mol. The minimum atomic E-state index is 0.350. The van der Waals surface area contributed by atoms with E-state index >= 15 is 0 Å². The van der Waals surface area contributed by atoms with Gasteiger partial charge in [-0.1, -0.05) is 32.0 Å². The van der Waals surface area contributed by atoms with E-state index in [1.807, 2.05) is 18.2 Å². The number of ether oxygens (including phenoxy) is 1. The topological polar surface area (TPSA) is 29.5 Å². The molecular weight excluding hydrogens is 188 g/mol. The number of phenols is 1. The van der Waals surface area contributed by atoms with Gasteiger partial charge in [-0.3, -0.25) is 0 Å². The molecule has 1 N–H and O–H groups in total. The Labute approximate surface area is 91.9 Å². The first-order chi connectivity index (χ1) is 7.25. The molecule has 1 atom stereocenters. The molecule has 0 aliphatic rings. The van der Waals surface area contributed by atoms with E-state index in [1.165, 1.54) is 0 Å². The molecule has 0 saturated carbocycles. The van der Waals surface area contributed by atoms with Crippen LogP contribution in [0.3, 0.4) is 0 Å². The molecule has 1 aromatic carbocycles. The highest BCUT2D eigenvalue weighted by Gasteiger charge is 2.08. The third-order valence-corrected chi connectivity index (χ3v) is 2.51. The van der Waals surface area contributed by atoms with Crippen LogP contribution in [0.4, 0.5) is 0 Å². The van der Waals surface area contributed by atoms with Crippen molar-refractivity contribution in [3.8, 4) is 5.75 Å². The first-order valence-electron chi connectivity index (χ1n) is 5.61. The van der Waals surface area contributed by atoms with Crippen molar-refractivity contribution < 1.29 is 9.84 Å². The second-order valence-electron chi connectivity index (χ2n) is 3.86. The van der Waals surface area contributed by atoms with Crippen molar-refractivity contribution in [2.24, 2.45) is 0 Å². The Morgan fingerprint density at radius 3 is 2.67 bits per heavy atom. The molecule has 2 heteroatoms. The zero-order valence-electron chi connectivity index (χ0n) is 9.57. The van der Waals surface area contributed by atoms with Crippen LogP contribution in [-0.2, 0) is 4.74 Å². The fraction of sp³-hybridized carbons (Fsp3) is 0.538. The SMILES string of the molecule is CCCOCCC(C)c1ccccc1O. The predicted octanol–water partition coefficient (Wildman–Crippen LogP) is 3.31. The average molecular weight is 208 g/mol. The van der Waals surface area contributed by atoms with Gasteiger partial charge < -0.3 is 9.84 Å². The third kappa shape index (κ3) is 3.92. The van der Waals surface area contributed by atoms with Gasteiger partial charge in [0, 0.05) is 13.2 Å². The van der Waals surface area contributed by atoms with E-state index < -0.39 is 0 Å². The maximum atomic E-state index is 9.64. The first kappa shape index (κ1) is 12.1. The zero-order valence-corrected chi connectivity index (χ0v) is 9.57. The maximum absolute atomic E-state index is 9.64. The van der Waals surface area contributed by atoms with Crippen molar-refractivity contribution in [2.75, 3.05) is 13.2 Å². The van der Waals surface area contributed by atoms with Crippen LogP contribution in [0.1, 0.15) is 38.2 Å². The largest absolute Gasteiger partial charge is 0.508 e. The van der Waals surface area contributed by atoms with Gasteiger partial charge >= 0.3 is 0 Å². The lowest BCUT2D eigenvalue weighted by Gasteiger charge is -2.13. The number of rotatable bonds is 6. The van der Waals surface area contributed by atoms with Crippen molar-refractivity contribution in [2.45, 2.75) is 32.6 Å². The monoisotopic (exact) mass is 208 g/mol. The molecule has 0 saturated heterocycles. The molecule has 1 unspecified atom stereocenters. The van der Waals surface area contributed by atoms with E-state index in [0.29, 0.717) is 11.7 Å². The highest BCUT2D eigenvalue weighted by molar-refractivity contribution is 5.34. The van der Waals surface area contributed by atoms with Gasteiger partial charge in [-0.25, -0.2) is 0 Å². The number of aromatic hydroxyl groups is 1. The summed E-state index contributed by atoms with van der Waals surface area (Å²) in [5, 5.41) is 9.64. The van der Waals surface area contributed by atoms with Crippen molar-refractivity contribution in [3.05, 3.63) is 29.8 Å². The molecule has 0 amide bonds. The van der Waals surface area contributed by atoms with Gasteiger partial charge in [0.25, 0.3) is 0 Å². The second-order valence-corrected chi connectivity index (χ2v) is 3.86. The van der Waals surface area contributed by atoms with Gasteiger partial charge in [-0.15, -0.1) is 0 Å². The van der Waals surface area contributed by atoms with Crippen LogP contribution in [0.2, 0.25) is 0 Å². The fourth-order valence-electron chi connectivity index (χ4n) is 1.57. The Hall–Kier alpha value is -1.02. The number of hydrogen-bond acceptors (Lipinski definition) is 2. The molecule has 1 aromatic rings. The summed E-state index contributed by atoms with van der Waals surface area (Å²) in [6, 6.07) is 7.51. The van der Waals surface area contributed by atoms with E-state index in [1.54, 1.807) is 6.07 Å². The number of hydrogen-bond donors (Lipinski definition) is 1. The summed E-state index contributed by atoms with van der Waals surface area (Å²) in [6.07, 6.45) is 2.02. The quantitative estimate of drug-likeness (QED) is 0.727. The molecule has 0 fully saturated rings. The van der Waals surface area contributed by atoms with Crippen LogP contribution in [-0.4, -0.2) is 18.3 Å². The van der Waals surface area contributed by atoms with E-state index in [0.717, 1.165) is 31.6 Å². The number of para-hydroxylation sites is 1. The van der Waals surface area contributed by atoms with Crippen molar-refractivity contribution in [1.29, 1.82) is 0 Å². The maximum Gasteiger partial charge on any atom is 0.119 e. The van der Waals surface area contributed by atoms with E-state index in [4.69, 9.17) is 4.74 Å². The molecular formula is C13H20O2. The summed E-state index contributed by atoms with van der Waals surface area (Å²) in [7, 11) is 0. The summed E-state index contributed by atoms with van der Waals surface area (Å²) < 4.78 is 5.43. The van der Waals surface area contributed by atoms with Gasteiger partial charge in [0.15, 0.2) is 0 Å². The van der Waals surface area contributed by atoms with Gasteiger partial charge in [0.05, 0.1) is 0 Å². The number of phenolic OH excluding ortho intramolecular Hbond substituents is 1. The summed E-state index contributed by atoms with van der Waals surface area (Å²) in [5.41, 5.74) is 1.01. The summed E-state index contributed by atoms with van der Waals surface area (Å²) in [6.45, 7) is 5.81. The average Bonchev–Trinajstić information content (AvgIpc) is 2.25. The van der Waals surface area contributed by atoms with Gasteiger partial charge in [0.2, 0.25) is 0 Å². The molecule has 0 aliphatic carbocycles. The van der Waals surface area contributed by atoms with E-state index in [2.05, 4.69) is 13.8 Å².